The standard InChI is InChI=1S/C39H78N2O4/c1-3-5-7-9-11-13-15-17-19-21-23-25-27-29-31-39(37(40)44,38(45)41(33-35-42)34-36-43)32-30-28-26-24-22-20-18-16-14-12-10-8-6-4-2/h42-43H,3-36H2,1-2H3,(H2,40,44). The molecule has 0 heterocycles. The predicted octanol–water partition coefficient (Wildman–Crippen LogP) is 10.0. The molecule has 268 valence electrons. The van der Waals surface area contributed by atoms with Crippen molar-refractivity contribution in [3.05, 3.63) is 0 Å². The summed E-state index contributed by atoms with van der Waals surface area (Å²) in [6.45, 7) is 4.37. The first-order chi connectivity index (χ1) is 22.0. The zero-order valence-corrected chi connectivity index (χ0v) is 30.3. The molecule has 45 heavy (non-hydrogen) atoms. The molecule has 6 nitrogen and oxygen atoms in total. The molecule has 0 bridgehead atoms. The summed E-state index contributed by atoms with van der Waals surface area (Å²) in [6.07, 6.45) is 36.1. The highest BCUT2D eigenvalue weighted by Gasteiger charge is 2.45. The molecule has 0 aromatic heterocycles. The van der Waals surface area contributed by atoms with Crippen LogP contribution in [-0.2, 0) is 9.59 Å². The maximum Gasteiger partial charge on any atom is 0.238 e. The van der Waals surface area contributed by atoms with Gasteiger partial charge in [-0.15, -0.1) is 0 Å². The molecule has 0 rings (SSSR count). The van der Waals surface area contributed by atoms with Gasteiger partial charge in [-0.1, -0.05) is 194 Å². The second-order valence-electron chi connectivity index (χ2n) is 13.9. The van der Waals surface area contributed by atoms with E-state index in [0.29, 0.717) is 12.8 Å². The minimum absolute atomic E-state index is 0.117. The van der Waals surface area contributed by atoms with E-state index < -0.39 is 11.3 Å². The number of hydrogen-bond acceptors (Lipinski definition) is 4. The number of rotatable bonds is 36. The van der Waals surface area contributed by atoms with Gasteiger partial charge in [0.15, 0.2) is 0 Å². The van der Waals surface area contributed by atoms with Crippen LogP contribution >= 0.6 is 0 Å². The largest absolute Gasteiger partial charge is 0.395 e. The molecule has 0 fully saturated rings. The van der Waals surface area contributed by atoms with Gasteiger partial charge >= 0.3 is 0 Å². The first-order valence-electron chi connectivity index (χ1n) is 19.8. The lowest BCUT2D eigenvalue weighted by molar-refractivity contribution is -0.151. The van der Waals surface area contributed by atoms with Crippen LogP contribution in [0.1, 0.15) is 206 Å². The van der Waals surface area contributed by atoms with Crippen molar-refractivity contribution in [1.29, 1.82) is 0 Å². The number of carbonyl (C=O) groups excluding carboxylic acids is 2. The van der Waals surface area contributed by atoms with Crippen LogP contribution in [0.5, 0.6) is 0 Å². The number of carbonyl (C=O) groups is 2. The molecule has 0 aliphatic carbocycles. The Morgan fingerprint density at radius 1 is 0.467 bits per heavy atom. The SMILES string of the molecule is CCCCCCCCCCCCCCCCC(CCCCCCCCCCCCCCCC)(C(N)=O)C(=O)N(CCO)CCO. The summed E-state index contributed by atoms with van der Waals surface area (Å²) in [7, 11) is 0. The second kappa shape index (κ2) is 32.8. The van der Waals surface area contributed by atoms with Gasteiger partial charge in [0, 0.05) is 13.1 Å². The summed E-state index contributed by atoms with van der Waals surface area (Å²) in [4.78, 5) is 28.1. The van der Waals surface area contributed by atoms with E-state index >= 15 is 0 Å². The summed E-state index contributed by atoms with van der Waals surface area (Å²) < 4.78 is 0. The number of amides is 2. The van der Waals surface area contributed by atoms with Crippen molar-refractivity contribution in [2.45, 2.75) is 206 Å². The van der Waals surface area contributed by atoms with Gasteiger partial charge in [0.2, 0.25) is 11.8 Å². The maximum absolute atomic E-state index is 13.7. The van der Waals surface area contributed by atoms with Crippen LogP contribution in [0.2, 0.25) is 0 Å². The Bertz CT molecular complexity index is 619. The predicted molar refractivity (Wildman–Crippen MR) is 192 cm³/mol. The third-order valence-electron chi connectivity index (χ3n) is 9.82. The number of primary amides is 1. The lowest BCUT2D eigenvalue weighted by atomic mass is 9.75. The molecule has 0 radical (unpaired) electrons. The Morgan fingerprint density at radius 3 is 0.933 bits per heavy atom. The first-order valence-corrected chi connectivity index (χ1v) is 19.8. The highest BCUT2D eigenvalue weighted by Crippen LogP contribution is 2.34. The first kappa shape index (κ1) is 43.9. The van der Waals surface area contributed by atoms with E-state index in [1.54, 1.807) is 0 Å². The third kappa shape index (κ3) is 23.8. The summed E-state index contributed by atoms with van der Waals surface area (Å²) in [5.41, 5.74) is 4.76. The van der Waals surface area contributed by atoms with Crippen LogP contribution in [0.3, 0.4) is 0 Å². The maximum atomic E-state index is 13.7. The molecule has 0 atom stereocenters. The van der Waals surface area contributed by atoms with Gasteiger partial charge < -0.3 is 20.8 Å². The molecule has 4 N–H and O–H groups in total. The molecule has 0 unspecified atom stereocenters. The van der Waals surface area contributed by atoms with Crippen molar-refractivity contribution >= 4 is 11.8 Å². The Morgan fingerprint density at radius 2 is 0.711 bits per heavy atom. The molecule has 0 aromatic rings. The van der Waals surface area contributed by atoms with Crippen LogP contribution in [0, 0.1) is 5.41 Å². The van der Waals surface area contributed by atoms with Gasteiger partial charge in [-0.2, -0.15) is 0 Å². The van der Waals surface area contributed by atoms with Crippen molar-refractivity contribution in [2.75, 3.05) is 26.3 Å². The topological polar surface area (TPSA) is 104 Å². The van der Waals surface area contributed by atoms with E-state index in [2.05, 4.69) is 13.8 Å². The molecule has 0 aliphatic heterocycles. The molecule has 0 saturated heterocycles. The highest BCUT2D eigenvalue weighted by atomic mass is 16.3. The van der Waals surface area contributed by atoms with E-state index in [9.17, 15) is 19.8 Å². The fourth-order valence-corrected chi connectivity index (χ4v) is 6.79. The van der Waals surface area contributed by atoms with Crippen LogP contribution < -0.4 is 5.73 Å². The molecule has 0 spiro atoms. The summed E-state index contributed by atoms with van der Waals surface area (Å²) >= 11 is 0. The summed E-state index contributed by atoms with van der Waals surface area (Å²) in [5, 5.41) is 19.1. The Balaban J connectivity index is 4.51. The highest BCUT2D eigenvalue weighted by molar-refractivity contribution is 6.04. The number of nitrogens with two attached hydrogens (primary N) is 1. The molecule has 2 amide bonds. The van der Waals surface area contributed by atoms with Crippen molar-refractivity contribution in [3.8, 4) is 0 Å². The van der Waals surface area contributed by atoms with E-state index in [-0.39, 0.29) is 32.2 Å². The van der Waals surface area contributed by atoms with E-state index in [1.165, 1.54) is 146 Å². The fourth-order valence-electron chi connectivity index (χ4n) is 6.79. The van der Waals surface area contributed by atoms with Crippen molar-refractivity contribution < 1.29 is 19.8 Å². The third-order valence-corrected chi connectivity index (χ3v) is 9.82. The zero-order chi connectivity index (χ0) is 33.3. The van der Waals surface area contributed by atoms with E-state index in [4.69, 9.17) is 5.73 Å². The summed E-state index contributed by atoms with van der Waals surface area (Å²) in [6, 6.07) is 0. The molecular weight excluding hydrogens is 560 g/mol. The van der Waals surface area contributed by atoms with E-state index in [1.807, 2.05) is 0 Å². The van der Waals surface area contributed by atoms with Crippen LogP contribution in [0.4, 0.5) is 0 Å². The van der Waals surface area contributed by atoms with Crippen LogP contribution in [0.15, 0.2) is 0 Å². The van der Waals surface area contributed by atoms with E-state index in [0.717, 1.165) is 38.5 Å². The Kier molecular flexibility index (Phi) is 32.0. The molecular formula is C39H78N2O4. The van der Waals surface area contributed by atoms with Gasteiger partial charge in [-0.25, -0.2) is 0 Å². The zero-order valence-electron chi connectivity index (χ0n) is 30.3. The van der Waals surface area contributed by atoms with Gasteiger partial charge in [-0.3, -0.25) is 9.59 Å². The smallest absolute Gasteiger partial charge is 0.238 e. The number of unbranched alkanes of at least 4 members (excludes halogenated alkanes) is 26. The molecule has 0 aliphatic rings. The second-order valence-corrected chi connectivity index (χ2v) is 13.9. The summed E-state index contributed by atoms with van der Waals surface area (Å²) in [5.74, 6) is -0.847. The number of nitrogens with zero attached hydrogens (tertiary/aromatic N) is 1. The lowest BCUT2D eigenvalue weighted by Crippen LogP contribution is -2.52. The molecule has 0 saturated carbocycles. The van der Waals surface area contributed by atoms with Crippen LogP contribution in [-0.4, -0.2) is 53.2 Å². The average molecular weight is 639 g/mol. The normalized spacial score (nSPS) is 11.7. The number of aliphatic hydroxyl groups is 2. The van der Waals surface area contributed by atoms with Crippen molar-refractivity contribution in [3.63, 3.8) is 0 Å². The minimum atomic E-state index is -1.24. The van der Waals surface area contributed by atoms with Gasteiger partial charge in [0.05, 0.1) is 13.2 Å². The molecule has 6 heteroatoms. The van der Waals surface area contributed by atoms with Gasteiger partial charge in [0.25, 0.3) is 0 Å². The Labute approximate surface area is 280 Å². The quantitative estimate of drug-likeness (QED) is 0.0469. The molecule has 0 aromatic carbocycles. The minimum Gasteiger partial charge on any atom is -0.395 e. The Hall–Kier alpha value is -1.14. The van der Waals surface area contributed by atoms with Crippen LogP contribution in [0.25, 0.3) is 0 Å². The monoisotopic (exact) mass is 639 g/mol. The number of hydrogen-bond donors (Lipinski definition) is 3. The lowest BCUT2D eigenvalue weighted by Gasteiger charge is -2.35. The average Bonchev–Trinajstić information content (AvgIpc) is 3.03. The van der Waals surface area contributed by atoms with Crippen molar-refractivity contribution in [2.24, 2.45) is 11.1 Å². The number of aliphatic hydroxyl groups excluding tert-OH is 2. The van der Waals surface area contributed by atoms with Gasteiger partial charge in [0.1, 0.15) is 5.41 Å². The fraction of sp³-hybridized carbons (Fsp3) is 0.949. The van der Waals surface area contributed by atoms with Crippen molar-refractivity contribution in [1.82, 2.24) is 4.90 Å². The van der Waals surface area contributed by atoms with Gasteiger partial charge in [-0.05, 0) is 12.8 Å².